The van der Waals surface area contributed by atoms with E-state index in [9.17, 15) is 0 Å². The Balaban J connectivity index is 1.87. The first-order valence-electron chi connectivity index (χ1n) is 6.00. The largest absolute Gasteiger partial charge is 0.307 e. The Kier molecular flexibility index (Phi) is 4.37. The van der Waals surface area contributed by atoms with E-state index < -0.39 is 0 Å². The summed E-state index contributed by atoms with van der Waals surface area (Å²) >= 11 is 3.73. The molecule has 2 aromatic heterocycles. The van der Waals surface area contributed by atoms with Crippen molar-refractivity contribution in [1.82, 2.24) is 5.32 Å². The molecule has 17 heavy (non-hydrogen) atoms. The topological polar surface area (TPSA) is 12.0 Å². The van der Waals surface area contributed by atoms with Gasteiger partial charge in [0.2, 0.25) is 0 Å². The van der Waals surface area contributed by atoms with Crippen LogP contribution in [0.2, 0.25) is 0 Å². The summed E-state index contributed by atoms with van der Waals surface area (Å²) in [5, 5.41) is 5.80. The summed E-state index contributed by atoms with van der Waals surface area (Å²) in [6.07, 6.45) is 1.12. The molecule has 0 radical (unpaired) electrons. The van der Waals surface area contributed by atoms with Crippen LogP contribution in [0.25, 0.3) is 0 Å². The van der Waals surface area contributed by atoms with E-state index in [-0.39, 0.29) is 0 Å². The van der Waals surface area contributed by atoms with Crippen molar-refractivity contribution in [1.29, 1.82) is 0 Å². The number of rotatable bonds is 5. The number of hydrogen-bond acceptors (Lipinski definition) is 3. The van der Waals surface area contributed by atoms with Gasteiger partial charge in [-0.2, -0.15) is 0 Å². The molecule has 0 spiro atoms. The van der Waals surface area contributed by atoms with Crippen LogP contribution in [0.5, 0.6) is 0 Å². The van der Waals surface area contributed by atoms with E-state index in [0.29, 0.717) is 12.1 Å². The number of hydrogen-bond donors (Lipinski definition) is 1. The molecule has 2 atom stereocenters. The Morgan fingerprint density at radius 1 is 1.24 bits per heavy atom. The van der Waals surface area contributed by atoms with Gasteiger partial charge in [0.05, 0.1) is 0 Å². The van der Waals surface area contributed by atoms with Gasteiger partial charge in [-0.3, -0.25) is 0 Å². The second kappa shape index (κ2) is 5.80. The Morgan fingerprint density at radius 3 is 2.65 bits per heavy atom. The van der Waals surface area contributed by atoms with Crippen molar-refractivity contribution in [2.24, 2.45) is 0 Å². The molecule has 2 aromatic rings. The minimum Gasteiger partial charge on any atom is -0.307 e. The Morgan fingerprint density at radius 2 is 2.06 bits per heavy atom. The van der Waals surface area contributed by atoms with Crippen molar-refractivity contribution in [3.63, 3.8) is 0 Å². The fraction of sp³-hybridized carbons (Fsp3) is 0.429. The molecule has 1 N–H and O–H groups in total. The quantitative estimate of drug-likeness (QED) is 0.845. The third-order valence-corrected chi connectivity index (χ3v) is 4.89. The summed E-state index contributed by atoms with van der Waals surface area (Å²) in [6.45, 7) is 6.67. The highest BCUT2D eigenvalue weighted by molar-refractivity contribution is 7.11. The molecule has 2 rings (SSSR count). The van der Waals surface area contributed by atoms with Crippen molar-refractivity contribution in [2.45, 2.75) is 39.3 Å². The second-order valence-electron chi connectivity index (χ2n) is 4.52. The summed E-state index contributed by atoms with van der Waals surface area (Å²) in [4.78, 5) is 4.29. The molecule has 3 heteroatoms. The van der Waals surface area contributed by atoms with Gasteiger partial charge in [0.1, 0.15) is 0 Å². The van der Waals surface area contributed by atoms with Crippen LogP contribution >= 0.6 is 22.7 Å². The predicted molar refractivity (Wildman–Crippen MR) is 78.1 cm³/mol. The number of nitrogens with one attached hydrogen (secondary N) is 1. The van der Waals surface area contributed by atoms with E-state index in [1.165, 1.54) is 14.6 Å². The lowest BCUT2D eigenvalue weighted by molar-refractivity contribution is 0.484. The van der Waals surface area contributed by atoms with Crippen LogP contribution in [0.3, 0.4) is 0 Å². The minimum absolute atomic E-state index is 0.450. The highest BCUT2D eigenvalue weighted by Gasteiger charge is 2.11. The standard InChI is InChI=1S/C14H19NS2/c1-10(9-13-7-6-11(2)17-13)15-12(3)14-5-4-8-16-14/h4-8,10,12,15H,9H2,1-3H3. The Bertz CT molecular complexity index is 444. The molecule has 0 aliphatic carbocycles. The average Bonchev–Trinajstić information content (AvgIpc) is 2.89. The first kappa shape index (κ1) is 12.8. The maximum absolute atomic E-state index is 3.66. The van der Waals surface area contributed by atoms with Gasteiger partial charge in [-0.25, -0.2) is 0 Å². The van der Waals surface area contributed by atoms with Crippen LogP contribution in [0.15, 0.2) is 29.6 Å². The normalized spacial score (nSPS) is 14.8. The zero-order valence-corrected chi connectivity index (χ0v) is 12.2. The minimum atomic E-state index is 0.450. The summed E-state index contributed by atoms with van der Waals surface area (Å²) in [5.41, 5.74) is 0. The number of thiophene rings is 2. The molecule has 0 fully saturated rings. The molecule has 1 nitrogen and oxygen atoms in total. The van der Waals surface area contributed by atoms with Gasteiger partial charge in [0.25, 0.3) is 0 Å². The molecule has 92 valence electrons. The van der Waals surface area contributed by atoms with E-state index in [4.69, 9.17) is 0 Å². The van der Waals surface area contributed by atoms with Crippen molar-refractivity contribution in [3.05, 3.63) is 44.3 Å². The Hall–Kier alpha value is -0.640. The number of aryl methyl sites for hydroxylation is 1. The summed E-state index contributed by atoms with van der Waals surface area (Å²) < 4.78 is 0. The zero-order valence-electron chi connectivity index (χ0n) is 10.6. The van der Waals surface area contributed by atoms with Crippen LogP contribution in [-0.4, -0.2) is 6.04 Å². The summed E-state index contributed by atoms with van der Waals surface area (Å²) in [5.74, 6) is 0. The molecule has 0 aliphatic heterocycles. The molecule has 2 unspecified atom stereocenters. The van der Waals surface area contributed by atoms with Gasteiger partial charge in [0.15, 0.2) is 0 Å². The summed E-state index contributed by atoms with van der Waals surface area (Å²) in [6, 6.07) is 9.73. The van der Waals surface area contributed by atoms with E-state index in [1.807, 2.05) is 22.7 Å². The van der Waals surface area contributed by atoms with Crippen molar-refractivity contribution >= 4 is 22.7 Å². The molecule has 0 aliphatic rings. The molecule has 0 amide bonds. The van der Waals surface area contributed by atoms with E-state index in [1.54, 1.807) is 0 Å². The maximum Gasteiger partial charge on any atom is 0.0388 e. The second-order valence-corrected chi connectivity index (χ2v) is 6.87. The average molecular weight is 265 g/mol. The monoisotopic (exact) mass is 265 g/mol. The summed E-state index contributed by atoms with van der Waals surface area (Å²) in [7, 11) is 0. The van der Waals surface area contributed by atoms with Crippen LogP contribution in [0.1, 0.15) is 34.5 Å². The smallest absolute Gasteiger partial charge is 0.0388 e. The van der Waals surface area contributed by atoms with E-state index in [0.717, 1.165) is 6.42 Å². The molecule has 0 bridgehead atoms. The van der Waals surface area contributed by atoms with Crippen LogP contribution < -0.4 is 5.32 Å². The zero-order chi connectivity index (χ0) is 12.3. The third kappa shape index (κ3) is 3.66. The lowest BCUT2D eigenvalue weighted by atomic mass is 10.1. The Labute approximate surface area is 112 Å². The fourth-order valence-electron chi connectivity index (χ4n) is 2.00. The van der Waals surface area contributed by atoms with Crippen LogP contribution in [-0.2, 0) is 6.42 Å². The predicted octanol–water partition coefficient (Wildman–Crippen LogP) is 4.40. The molecule has 0 saturated carbocycles. The van der Waals surface area contributed by atoms with Gasteiger partial charge < -0.3 is 5.32 Å². The third-order valence-electron chi connectivity index (χ3n) is 2.81. The lowest BCUT2D eigenvalue weighted by Gasteiger charge is -2.18. The van der Waals surface area contributed by atoms with E-state index in [2.05, 4.69) is 55.7 Å². The van der Waals surface area contributed by atoms with E-state index >= 15 is 0 Å². The first-order chi connectivity index (χ1) is 8.15. The highest BCUT2D eigenvalue weighted by atomic mass is 32.1. The first-order valence-corrected chi connectivity index (χ1v) is 7.69. The highest BCUT2D eigenvalue weighted by Crippen LogP contribution is 2.21. The van der Waals surface area contributed by atoms with Crippen LogP contribution in [0.4, 0.5) is 0 Å². The van der Waals surface area contributed by atoms with Crippen molar-refractivity contribution < 1.29 is 0 Å². The molecular formula is C14H19NS2. The molecule has 2 heterocycles. The lowest BCUT2D eigenvalue weighted by Crippen LogP contribution is -2.30. The van der Waals surface area contributed by atoms with Gasteiger partial charge in [-0.15, -0.1) is 22.7 Å². The van der Waals surface area contributed by atoms with Crippen molar-refractivity contribution in [2.75, 3.05) is 0 Å². The molecule has 0 aromatic carbocycles. The van der Waals surface area contributed by atoms with Crippen molar-refractivity contribution in [3.8, 4) is 0 Å². The van der Waals surface area contributed by atoms with Gasteiger partial charge in [0, 0.05) is 26.7 Å². The molecular weight excluding hydrogens is 246 g/mol. The van der Waals surface area contributed by atoms with Gasteiger partial charge in [-0.1, -0.05) is 6.07 Å². The van der Waals surface area contributed by atoms with Gasteiger partial charge in [-0.05, 0) is 50.8 Å². The van der Waals surface area contributed by atoms with Gasteiger partial charge >= 0.3 is 0 Å². The van der Waals surface area contributed by atoms with Crippen LogP contribution in [0, 0.1) is 6.92 Å². The molecule has 0 saturated heterocycles. The fourth-order valence-corrected chi connectivity index (χ4v) is 3.76. The maximum atomic E-state index is 3.66. The SMILES string of the molecule is Cc1ccc(CC(C)NC(C)c2cccs2)s1.